The number of carbonyl (C=O) groups is 10. The van der Waals surface area contributed by atoms with Crippen LogP contribution in [0.25, 0.3) is 0 Å². The number of nitrogens with zero attached hydrogens (tertiary/aromatic N) is 2. The SMILES string of the molecule is CC(C)C[C@H](NC(=O)[C@@H](N)Cc1ccc(O)cc1)C(=O)N[C@H](C(=O)N[C@@H](CCCCN)C(=O)N[C@@H](CO)C(=O)N1CCC[C@H]1C(=O)N[C@@H](CC(N)=O)C(=O)N[C@@H](Cc1cnc[nH]1)C(=O)N[C@H](C(=O)O)C(C)C)C(C)C. The van der Waals surface area contributed by atoms with Crippen molar-refractivity contribution in [2.75, 3.05) is 19.7 Å². The molecule has 416 valence electrons. The van der Waals surface area contributed by atoms with E-state index in [2.05, 4.69) is 47.2 Å². The molecule has 75 heavy (non-hydrogen) atoms. The van der Waals surface area contributed by atoms with Gasteiger partial charge >= 0.3 is 5.97 Å². The molecule has 3 rings (SSSR count). The van der Waals surface area contributed by atoms with Crippen LogP contribution < -0.4 is 54.4 Å². The second kappa shape index (κ2) is 30.2. The standard InChI is InChI=1S/C49H77N13O13/c1-25(2)18-33(56-41(66)31(51)19-28-12-14-30(64)15-13-28)44(69)60-39(26(3)4)47(72)55-32(10-7-8-16-50)42(67)59-36(23-63)48(73)62-17-9-11-37(62)46(71)58-35(21-38(52)65)43(68)57-34(20-29-22-53-24-54-29)45(70)61-40(27(5)6)49(74)75/h12-15,22,24-27,31-37,39-40,63-64H,7-11,16-21,23,50-51H2,1-6H3,(H2,52,65)(H,53,54)(H,55,72)(H,56,66)(H,57,68)(H,58,71)(H,59,67)(H,60,69)(H,61,70)(H,74,75)/t31-,32-,33-,34-,35-,36-,37-,39-,40-/m0/s1. The molecule has 26 nitrogen and oxygen atoms in total. The topological polar surface area (TPSA) is 426 Å². The summed E-state index contributed by atoms with van der Waals surface area (Å²) in [7, 11) is 0. The number of imidazole rings is 1. The summed E-state index contributed by atoms with van der Waals surface area (Å²) in [5.41, 5.74) is 18.4. The van der Waals surface area contributed by atoms with Crippen molar-refractivity contribution in [3.05, 3.63) is 48.0 Å². The fraction of sp³-hybridized carbons (Fsp3) is 0.612. The first-order valence-electron chi connectivity index (χ1n) is 25.1. The Morgan fingerprint density at radius 1 is 0.720 bits per heavy atom. The minimum absolute atomic E-state index is 0.0190. The van der Waals surface area contributed by atoms with Crippen molar-refractivity contribution in [2.45, 2.75) is 154 Å². The summed E-state index contributed by atoms with van der Waals surface area (Å²) in [4.78, 5) is 142. The van der Waals surface area contributed by atoms with E-state index in [-0.39, 0.29) is 63.3 Å². The quantitative estimate of drug-likeness (QED) is 0.0336. The van der Waals surface area contributed by atoms with Crippen molar-refractivity contribution in [1.82, 2.24) is 52.1 Å². The molecule has 1 aliphatic rings. The van der Waals surface area contributed by atoms with Crippen LogP contribution in [-0.2, 0) is 60.8 Å². The highest BCUT2D eigenvalue weighted by atomic mass is 16.4. The molecule has 2 heterocycles. The maximum absolute atomic E-state index is 14.1. The number of aromatic nitrogens is 2. The van der Waals surface area contributed by atoms with Crippen molar-refractivity contribution < 1.29 is 63.3 Å². The van der Waals surface area contributed by atoms with Gasteiger partial charge in [-0.1, -0.05) is 53.7 Å². The Hall–Kier alpha value is -7.19. The highest BCUT2D eigenvalue weighted by Gasteiger charge is 2.41. The van der Waals surface area contributed by atoms with Crippen molar-refractivity contribution >= 4 is 59.1 Å². The number of phenolic OH excluding ortho intramolecular Hbond substituents is 1. The van der Waals surface area contributed by atoms with Crippen LogP contribution in [0.4, 0.5) is 0 Å². The number of phenols is 1. The number of aromatic hydroxyl groups is 1. The predicted octanol–water partition coefficient (Wildman–Crippen LogP) is -2.95. The van der Waals surface area contributed by atoms with Gasteiger partial charge in [-0.25, -0.2) is 9.78 Å². The van der Waals surface area contributed by atoms with Gasteiger partial charge in [-0.2, -0.15) is 0 Å². The summed E-state index contributed by atoms with van der Waals surface area (Å²) in [6.07, 6.45) is 3.16. The van der Waals surface area contributed by atoms with Crippen molar-refractivity contribution in [3.63, 3.8) is 0 Å². The highest BCUT2D eigenvalue weighted by Crippen LogP contribution is 2.20. The molecule has 0 unspecified atom stereocenters. The first-order valence-corrected chi connectivity index (χ1v) is 25.1. The van der Waals surface area contributed by atoms with Gasteiger partial charge in [0.15, 0.2) is 0 Å². The lowest BCUT2D eigenvalue weighted by Gasteiger charge is -2.31. The number of hydrogen-bond acceptors (Lipinski definition) is 15. The number of carbonyl (C=O) groups excluding carboxylic acids is 9. The third-order valence-electron chi connectivity index (χ3n) is 12.4. The number of hydrogen-bond donors (Lipinski definition) is 14. The minimum Gasteiger partial charge on any atom is -0.508 e. The number of carboxylic acids is 1. The molecule has 26 heteroatoms. The molecule has 1 aromatic carbocycles. The molecule has 0 radical (unpaired) electrons. The molecule has 2 aromatic rings. The molecule has 0 bridgehead atoms. The summed E-state index contributed by atoms with van der Waals surface area (Å²) in [5, 5.41) is 47.6. The summed E-state index contributed by atoms with van der Waals surface area (Å²) in [5.74, 6) is -10.2. The number of carboxylic acid groups (broad SMARTS) is 1. The third-order valence-corrected chi connectivity index (χ3v) is 12.4. The Bertz CT molecular complexity index is 2260. The summed E-state index contributed by atoms with van der Waals surface area (Å²) in [6, 6.07) is -5.93. The number of rotatable bonds is 31. The van der Waals surface area contributed by atoms with E-state index in [1.807, 2.05) is 13.8 Å². The monoisotopic (exact) mass is 1060 g/mol. The van der Waals surface area contributed by atoms with Crippen LogP contribution in [0.5, 0.6) is 5.75 Å². The average molecular weight is 1060 g/mol. The van der Waals surface area contributed by atoms with Crippen LogP contribution in [0.15, 0.2) is 36.8 Å². The maximum atomic E-state index is 14.1. The fourth-order valence-corrected chi connectivity index (χ4v) is 8.28. The van der Waals surface area contributed by atoms with Gasteiger partial charge in [-0.15, -0.1) is 0 Å². The molecular weight excluding hydrogens is 979 g/mol. The molecule has 1 aliphatic heterocycles. The molecule has 1 saturated heterocycles. The predicted molar refractivity (Wildman–Crippen MR) is 271 cm³/mol. The zero-order valence-corrected chi connectivity index (χ0v) is 43.4. The molecule has 1 aromatic heterocycles. The van der Waals surface area contributed by atoms with Crippen LogP contribution in [0.3, 0.4) is 0 Å². The normalized spacial score (nSPS) is 16.6. The lowest BCUT2D eigenvalue weighted by molar-refractivity contribution is -0.144. The smallest absolute Gasteiger partial charge is 0.326 e. The van der Waals surface area contributed by atoms with E-state index >= 15 is 0 Å². The molecular formula is C49H77N13O13. The number of unbranched alkanes of at least 4 members (excludes halogenated alkanes) is 1. The van der Waals surface area contributed by atoms with Crippen LogP contribution in [0.2, 0.25) is 0 Å². The Balaban J connectivity index is 1.77. The zero-order valence-electron chi connectivity index (χ0n) is 43.4. The van der Waals surface area contributed by atoms with Crippen molar-refractivity contribution in [1.29, 1.82) is 0 Å². The number of benzene rings is 1. The van der Waals surface area contributed by atoms with Gasteiger partial charge < -0.3 is 79.6 Å². The lowest BCUT2D eigenvalue weighted by atomic mass is 9.98. The molecule has 0 spiro atoms. The van der Waals surface area contributed by atoms with E-state index < -0.39 is 138 Å². The van der Waals surface area contributed by atoms with Gasteiger partial charge in [0, 0.05) is 24.9 Å². The summed E-state index contributed by atoms with van der Waals surface area (Å²) < 4.78 is 0. The van der Waals surface area contributed by atoms with Crippen molar-refractivity contribution in [3.8, 4) is 5.75 Å². The number of aliphatic carboxylic acids is 1. The van der Waals surface area contributed by atoms with Crippen molar-refractivity contribution in [2.24, 2.45) is 35.0 Å². The molecule has 9 atom stereocenters. The Labute approximate surface area is 435 Å². The summed E-state index contributed by atoms with van der Waals surface area (Å²) >= 11 is 0. The maximum Gasteiger partial charge on any atom is 0.326 e. The second-order valence-corrected chi connectivity index (χ2v) is 19.8. The molecule has 1 fully saturated rings. The number of primary amides is 1. The largest absolute Gasteiger partial charge is 0.508 e. The average Bonchev–Trinajstić information content (AvgIpc) is 4.06. The second-order valence-electron chi connectivity index (χ2n) is 19.8. The molecule has 17 N–H and O–H groups in total. The minimum atomic E-state index is -1.68. The summed E-state index contributed by atoms with van der Waals surface area (Å²) in [6.45, 7) is 9.42. The zero-order chi connectivity index (χ0) is 56.1. The highest BCUT2D eigenvalue weighted by molar-refractivity contribution is 5.99. The third kappa shape index (κ3) is 19.9. The number of aliphatic hydroxyl groups is 1. The molecule has 0 saturated carbocycles. The van der Waals surface area contributed by atoms with Gasteiger partial charge in [-0.3, -0.25) is 43.2 Å². The molecule has 9 amide bonds. The van der Waals surface area contributed by atoms with Gasteiger partial charge in [0.1, 0.15) is 54.1 Å². The van der Waals surface area contributed by atoms with E-state index in [9.17, 15) is 63.3 Å². The van der Waals surface area contributed by atoms with E-state index in [1.54, 1.807) is 39.8 Å². The number of aliphatic hydroxyl groups excluding tert-OH is 1. The van der Waals surface area contributed by atoms with E-state index in [4.69, 9.17) is 17.2 Å². The number of H-pyrrole nitrogens is 1. The van der Waals surface area contributed by atoms with Gasteiger partial charge in [-0.05, 0) is 86.9 Å². The Morgan fingerprint density at radius 3 is 1.85 bits per heavy atom. The Morgan fingerprint density at radius 2 is 1.29 bits per heavy atom. The Kier molecular flexibility index (Phi) is 25.0. The van der Waals surface area contributed by atoms with Gasteiger partial charge in [0.25, 0.3) is 0 Å². The fourth-order valence-electron chi connectivity index (χ4n) is 8.28. The number of aromatic amines is 1. The first kappa shape index (κ1) is 62.1. The van der Waals surface area contributed by atoms with Crippen LogP contribution in [0, 0.1) is 17.8 Å². The van der Waals surface area contributed by atoms with E-state index in [1.165, 1.54) is 24.7 Å². The van der Waals surface area contributed by atoms with Crippen LogP contribution in [-0.4, -0.2) is 163 Å². The van der Waals surface area contributed by atoms with E-state index in [0.29, 0.717) is 24.1 Å². The van der Waals surface area contributed by atoms with Crippen LogP contribution >= 0.6 is 0 Å². The van der Waals surface area contributed by atoms with Gasteiger partial charge in [0.05, 0.1) is 25.4 Å². The first-order chi connectivity index (χ1) is 35.4. The van der Waals surface area contributed by atoms with Crippen LogP contribution in [0.1, 0.15) is 97.7 Å². The lowest BCUT2D eigenvalue weighted by Crippen LogP contribution is -2.61. The molecule has 0 aliphatic carbocycles. The van der Waals surface area contributed by atoms with E-state index in [0.717, 1.165) is 4.90 Å². The number of nitrogens with one attached hydrogen (secondary N) is 8. The number of likely N-dealkylation sites (tertiary alicyclic amines) is 1. The number of nitrogens with two attached hydrogens (primary N) is 3. The number of amides is 9. The van der Waals surface area contributed by atoms with Gasteiger partial charge in [0.2, 0.25) is 53.2 Å².